The molecule has 2 heterocycles. The van der Waals surface area contributed by atoms with Crippen molar-refractivity contribution in [3.05, 3.63) is 48.3 Å². The molecule has 0 aliphatic rings. The van der Waals surface area contributed by atoms with E-state index < -0.39 is 18.3 Å². The van der Waals surface area contributed by atoms with Gasteiger partial charge >= 0.3 is 58.4 Å². The van der Waals surface area contributed by atoms with E-state index in [0.717, 1.165) is 24.7 Å². The van der Waals surface area contributed by atoms with Gasteiger partial charge in [-0.05, 0) is 12.1 Å². The topological polar surface area (TPSA) is 35.0 Å². The number of halogens is 4. The Balaban J connectivity index is 0.00000200. The molecular formula is C11H8BF4KN2O. The van der Waals surface area contributed by atoms with Gasteiger partial charge in [-0.25, -0.2) is 4.39 Å². The van der Waals surface area contributed by atoms with Gasteiger partial charge in [-0.3, -0.25) is 9.97 Å². The number of hydrogen-bond acceptors (Lipinski definition) is 3. The van der Waals surface area contributed by atoms with Crippen molar-refractivity contribution in [2.24, 2.45) is 0 Å². The van der Waals surface area contributed by atoms with Crippen LogP contribution in [0.5, 0.6) is 5.75 Å². The van der Waals surface area contributed by atoms with Gasteiger partial charge in [0.25, 0.3) is 0 Å². The van der Waals surface area contributed by atoms with E-state index in [1.54, 1.807) is 0 Å². The van der Waals surface area contributed by atoms with Crippen molar-refractivity contribution < 1.29 is 73.5 Å². The molecule has 0 saturated heterocycles. The van der Waals surface area contributed by atoms with E-state index in [-0.39, 0.29) is 63.7 Å². The second kappa shape index (κ2) is 7.51. The number of aromatic nitrogens is 2. The fourth-order valence-corrected chi connectivity index (χ4v) is 1.39. The van der Waals surface area contributed by atoms with Gasteiger partial charge in [0, 0.05) is 18.0 Å². The fourth-order valence-electron chi connectivity index (χ4n) is 1.39. The Hall–Kier alpha value is -0.479. The number of ether oxygens (including phenoxy) is 1. The van der Waals surface area contributed by atoms with Crippen molar-refractivity contribution in [3.63, 3.8) is 0 Å². The van der Waals surface area contributed by atoms with Crippen LogP contribution < -0.4 is 61.6 Å². The second-order valence-corrected chi connectivity index (χ2v) is 3.83. The molecule has 2 aromatic heterocycles. The largest absolute Gasteiger partial charge is 1.00 e. The molecule has 0 N–H and O–H groups in total. The summed E-state index contributed by atoms with van der Waals surface area (Å²) in [5.41, 5.74) is -0.419. The molecule has 2 rings (SSSR count). The van der Waals surface area contributed by atoms with Gasteiger partial charge in [0.1, 0.15) is 18.2 Å². The standard InChI is InChI=1S/C11H8BF4N2O.K/c13-10-1-8(3-17-5-10)7-19-11-2-9(4-18-6-11)12(14,15)16;/h1-6H,7H2;/q-1;+1. The van der Waals surface area contributed by atoms with Crippen LogP contribution in [0.3, 0.4) is 0 Å². The Morgan fingerprint density at radius 3 is 2.35 bits per heavy atom. The molecule has 0 spiro atoms. The fraction of sp³-hybridized carbons (Fsp3) is 0.0909. The minimum Gasteiger partial charge on any atom is -0.487 e. The molecule has 0 bridgehead atoms. The smallest absolute Gasteiger partial charge is 0.487 e. The molecule has 9 heteroatoms. The summed E-state index contributed by atoms with van der Waals surface area (Å²) in [6, 6.07) is 2.05. The van der Waals surface area contributed by atoms with Crippen LogP contribution in [0.4, 0.5) is 17.3 Å². The van der Waals surface area contributed by atoms with E-state index in [1.165, 1.54) is 12.3 Å². The molecule has 100 valence electrons. The van der Waals surface area contributed by atoms with Gasteiger partial charge in [-0.15, -0.1) is 0 Å². The van der Waals surface area contributed by atoms with Crippen LogP contribution >= 0.6 is 0 Å². The maximum atomic E-state index is 12.8. The Kier molecular flexibility index (Phi) is 6.60. The summed E-state index contributed by atoms with van der Waals surface area (Å²) in [4.78, 5) is 7.07. The van der Waals surface area contributed by atoms with Crippen LogP contribution in [0.25, 0.3) is 0 Å². The predicted molar refractivity (Wildman–Crippen MR) is 61.5 cm³/mol. The molecule has 0 aromatic carbocycles. The van der Waals surface area contributed by atoms with Gasteiger partial charge in [-0.1, -0.05) is 5.46 Å². The Bertz CT molecular complexity index is 582. The molecule has 2 aromatic rings. The number of rotatable bonds is 4. The SMILES string of the molecule is Fc1cncc(COc2cncc([B-](F)(F)F)c2)c1.[K+]. The molecule has 0 fully saturated rings. The van der Waals surface area contributed by atoms with E-state index in [9.17, 15) is 17.3 Å². The summed E-state index contributed by atoms with van der Waals surface area (Å²) in [5.74, 6) is -0.562. The van der Waals surface area contributed by atoms with Crippen molar-refractivity contribution >= 4 is 12.4 Å². The summed E-state index contributed by atoms with van der Waals surface area (Å²) in [6.45, 7) is -5.20. The van der Waals surface area contributed by atoms with Crippen LogP contribution in [0.15, 0.2) is 36.9 Å². The Morgan fingerprint density at radius 2 is 1.70 bits per heavy atom. The summed E-state index contributed by atoms with van der Waals surface area (Å²) in [6.07, 6.45) is 4.29. The minimum absolute atomic E-state index is 0. The molecule has 0 amide bonds. The Morgan fingerprint density at radius 1 is 1.00 bits per heavy atom. The van der Waals surface area contributed by atoms with E-state index in [2.05, 4.69) is 9.97 Å². The third-order valence-electron chi connectivity index (χ3n) is 2.28. The number of pyridine rings is 2. The van der Waals surface area contributed by atoms with Crippen molar-refractivity contribution in [1.82, 2.24) is 9.97 Å². The predicted octanol–water partition coefficient (Wildman–Crippen LogP) is -0.747. The molecule has 0 aliphatic heterocycles. The summed E-state index contributed by atoms with van der Waals surface area (Å²) < 4.78 is 55.4. The number of nitrogens with zero attached hydrogens (tertiary/aromatic N) is 2. The molecule has 0 radical (unpaired) electrons. The van der Waals surface area contributed by atoms with Gasteiger partial charge in [-0.2, -0.15) is 0 Å². The van der Waals surface area contributed by atoms with E-state index in [4.69, 9.17) is 4.74 Å². The zero-order chi connectivity index (χ0) is 13.9. The van der Waals surface area contributed by atoms with Gasteiger partial charge in [0.2, 0.25) is 0 Å². The zero-order valence-corrected chi connectivity index (χ0v) is 13.7. The van der Waals surface area contributed by atoms with Crippen LogP contribution in [-0.2, 0) is 6.61 Å². The first-order valence-electron chi connectivity index (χ1n) is 5.32. The summed E-state index contributed by atoms with van der Waals surface area (Å²) in [5, 5.41) is 0. The molecule has 0 atom stereocenters. The first-order valence-corrected chi connectivity index (χ1v) is 5.32. The van der Waals surface area contributed by atoms with E-state index >= 15 is 0 Å². The first kappa shape index (κ1) is 17.6. The van der Waals surface area contributed by atoms with Crippen LogP contribution in [0.1, 0.15) is 5.56 Å². The van der Waals surface area contributed by atoms with Crippen molar-refractivity contribution in [3.8, 4) is 5.75 Å². The van der Waals surface area contributed by atoms with Crippen LogP contribution in [-0.4, -0.2) is 16.9 Å². The maximum Gasteiger partial charge on any atom is 1.00 e. The van der Waals surface area contributed by atoms with Gasteiger partial charge in [0.05, 0.1) is 12.4 Å². The zero-order valence-electron chi connectivity index (χ0n) is 10.6. The van der Waals surface area contributed by atoms with Crippen molar-refractivity contribution in [1.29, 1.82) is 0 Å². The third-order valence-corrected chi connectivity index (χ3v) is 2.28. The van der Waals surface area contributed by atoms with Gasteiger partial charge in [0.15, 0.2) is 0 Å². The Labute approximate surface area is 155 Å². The van der Waals surface area contributed by atoms with Crippen molar-refractivity contribution in [2.75, 3.05) is 0 Å². The summed E-state index contributed by atoms with van der Waals surface area (Å²) >= 11 is 0. The van der Waals surface area contributed by atoms with E-state index in [1.807, 2.05) is 0 Å². The molecule has 0 aliphatic carbocycles. The third kappa shape index (κ3) is 5.13. The minimum atomic E-state index is -5.12. The quantitative estimate of drug-likeness (QED) is 0.551. The number of hydrogen-bond donors (Lipinski definition) is 0. The average Bonchev–Trinajstić information content (AvgIpc) is 2.36. The maximum absolute atomic E-state index is 12.8. The van der Waals surface area contributed by atoms with E-state index in [0.29, 0.717) is 5.56 Å². The molecule has 0 saturated carbocycles. The summed E-state index contributed by atoms with van der Waals surface area (Å²) in [7, 11) is 0. The molecular weight excluding hydrogens is 302 g/mol. The van der Waals surface area contributed by atoms with Crippen LogP contribution in [0.2, 0.25) is 0 Å². The molecule has 20 heavy (non-hydrogen) atoms. The molecule has 0 unspecified atom stereocenters. The average molecular weight is 310 g/mol. The second-order valence-electron chi connectivity index (χ2n) is 3.83. The van der Waals surface area contributed by atoms with Crippen LogP contribution in [0, 0.1) is 5.82 Å². The van der Waals surface area contributed by atoms with Crippen molar-refractivity contribution in [2.45, 2.75) is 6.61 Å². The molecule has 3 nitrogen and oxygen atoms in total. The van der Waals surface area contributed by atoms with Gasteiger partial charge < -0.3 is 17.7 Å². The normalized spacial score (nSPS) is 10.8. The first-order chi connectivity index (χ1) is 8.95. The monoisotopic (exact) mass is 310 g/mol.